The van der Waals surface area contributed by atoms with E-state index in [4.69, 9.17) is 0 Å². The molecule has 0 atom stereocenters. The lowest BCUT2D eigenvalue weighted by Crippen LogP contribution is -1.92. The van der Waals surface area contributed by atoms with Crippen molar-refractivity contribution in [3.63, 3.8) is 0 Å². The molecule has 0 radical (unpaired) electrons. The first-order valence-electron chi connectivity index (χ1n) is 11.7. The highest BCUT2D eigenvalue weighted by atomic mass is 16.6. The Kier molecular flexibility index (Phi) is 10.9. The second-order valence-corrected chi connectivity index (χ2v) is 8.29. The molecule has 2 N–H and O–H groups in total. The molecule has 0 amide bonds. The van der Waals surface area contributed by atoms with Crippen molar-refractivity contribution in [1.82, 2.24) is 0 Å². The number of unbranched alkanes of at least 4 members (excludes halogenated alkanes) is 9. The zero-order valence-corrected chi connectivity index (χ0v) is 19.5. The number of nitrogens with zero attached hydrogens (tertiary/aromatic N) is 4. The Morgan fingerprint density at radius 2 is 1.29 bits per heavy atom. The minimum atomic E-state index is -0.770. The second kappa shape index (κ2) is 13.9. The van der Waals surface area contributed by atoms with Crippen LogP contribution in [-0.2, 0) is 6.42 Å². The Bertz CT molecular complexity index is 977. The second-order valence-electron chi connectivity index (χ2n) is 8.29. The Hall–Kier alpha value is -3.56. The van der Waals surface area contributed by atoms with Gasteiger partial charge >= 0.3 is 0 Å². The monoisotopic (exact) mass is 472 g/mol. The van der Waals surface area contributed by atoms with Crippen LogP contribution in [0.25, 0.3) is 0 Å². The van der Waals surface area contributed by atoms with E-state index < -0.39 is 21.2 Å². The summed E-state index contributed by atoms with van der Waals surface area (Å²) in [6, 6.07) is 5.89. The Morgan fingerprint density at radius 3 is 1.82 bits per heavy atom. The third-order valence-electron chi connectivity index (χ3n) is 5.59. The molecule has 0 spiro atoms. The van der Waals surface area contributed by atoms with Gasteiger partial charge in [0.25, 0.3) is 11.4 Å². The van der Waals surface area contributed by atoms with Crippen LogP contribution in [0.1, 0.15) is 76.7 Å². The summed E-state index contributed by atoms with van der Waals surface area (Å²) in [4.78, 5) is 20.5. The summed E-state index contributed by atoms with van der Waals surface area (Å²) in [5.41, 5.74) is -0.729. The molecule has 0 aliphatic rings. The number of non-ortho nitro benzene ring substituents is 2. The summed E-state index contributed by atoms with van der Waals surface area (Å²) >= 11 is 0. The van der Waals surface area contributed by atoms with E-state index in [0.29, 0.717) is 12.0 Å². The lowest BCUT2D eigenvalue weighted by Gasteiger charge is -2.08. The van der Waals surface area contributed by atoms with Crippen LogP contribution < -0.4 is 0 Å². The van der Waals surface area contributed by atoms with E-state index in [-0.39, 0.29) is 22.9 Å². The van der Waals surface area contributed by atoms with Crippen molar-refractivity contribution in [3.05, 3.63) is 56.1 Å². The third kappa shape index (κ3) is 8.42. The summed E-state index contributed by atoms with van der Waals surface area (Å²) < 4.78 is 0. The number of hydrogen-bond acceptors (Lipinski definition) is 8. The van der Waals surface area contributed by atoms with Gasteiger partial charge in [0.05, 0.1) is 21.6 Å². The van der Waals surface area contributed by atoms with Gasteiger partial charge < -0.3 is 10.2 Å². The first-order valence-corrected chi connectivity index (χ1v) is 11.7. The molecule has 34 heavy (non-hydrogen) atoms. The minimum absolute atomic E-state index is 0.139. The molecule has 0 fully saturated rings. The molecule has 0 saturated heterocycles. The number of azo groups is 1. The molecule has 10 heteroatoms. The highest BCUT2D eigenvalue weighted by molar-refractivity contribution is 5.64. The number of hydrogen-bond donors (Lipinski definition) is 2. The summed E-state index contributed by atoms with van der Waals surface area (Å²) in [5.74, 6) is -0.535. The number of nitro benzene ring substituents is 2. The van der Waals surface area contributed by atoms with E-state index >= 15 is 0 Å². The zero-order valence-electron chi connectivity index (χ0n) is 19.5. The van der Waals surface area contributed by atoms with E-state index in [0.717, 1.165) is 37.5 Å². The van der Waals surface area contributed by atoms with Crippen molar-refractivity contribution in [2.75, 3.05) is 0 Å². The minimum Gasteiger partial charge on any atom is -0.505 e. The number of aryl methyl sites for hydroxylation is 1. The summed E-state index contributed by atoms with van der Waals surface area (Å²) in [5, 5.41) is 50.3. The van der Waals surface area contributed by atoms with Gasteiger partial charge in [0, 0.05) is 12.1 Å². The van der Waals surface area contributed by atoms with Crippen LogP contribution in [0.4, 0.5) is 22.7 Å². The number of phenols is 2. The van der Waals surface area contributed by atoms with Crippen LogP contribution in [0.3, 0.4) is 0 Å². The van der Waals surface area contributed by atoms with Gasteiger partial charge in [-0.2, -0.15) is 0 Å². The van der Waals surface area contributed by atoms with Crippen molar-refractivity contribution in [1.29, 1.82) is 0 Å². The van der Waals surface area contributed by atoms with Crippen molar-refractivity contribution in [3.8, 4) is 11.5 Å². The fraction of sp³-hybridized carbons (Fsp3) is 0.500. The lowest BCUT2D eigenvalue weighted by molar-refractivity contribution is -0.394. The molecule has 2 aromatic rings. The Morgan fingerprint density at radius 1 is 0.765 bits per heavy atom. The summed E-state index contributed by atoms with van der Waals surface area (Å²) in [7, 11) is 0. The maximum absolute atomic E-state index is 11.0. The maximum atomic E-state index is 11.0. The van der Waals surface area contributed by atoms with Gasteiger partial charge in [-0.1, -0.05) is 70.8 Å². The molecule has 0 aliphatic heterocycles. The molecule has 2 aromatic carbocycles. The van der Waals surface area contributed by atoms with Crippen LogP contribution >= 0.6 is 0 Å². The molecule has 0 bridgehead atoms. The van der Waals surface area contributed by atoms with Gasteiger partial charge in [-0.3, -0.25) is 20.2 Å². The third-order valence-corrected chi connectivity index (χ3v) is 5.59. The van der Waals surface area contributed by atoms with Crippen molar-refractivity contribution >= 4 is 22.7 Å². The summed E-state index contributed by atoms with van der Waals surface area (Å²) in [6.45, 7) is 2.21. The van der Waals surface area contributed by atoms with Gasteiger partial charge in [0.15, 0.2) is 5.69 Å². The van der Waals surface area contributed by atoms with Crippen LogP contribution in [-0.4, -0.2) is 20.1 Å². The normalized spacial score (nSPS) is 11.2. The first kappa shape index (κ1) is 26.7. The fourth-order valence-corrected chi connectivity index (χ4v) is 3.67. The number of phenolic OH excluding ortho intramolecular Hbond substituents is 2. The highest BCUT2D eigenvalue weighted by Crippen LogP contribution is 2.40. The van der Waals surface area contributed by atoms with Gasteiger partial charge in [-0.25, -0.2) is 0 Å². The van der Waals surface area contributed by atoms with E-state index in [2.05, 4.69) is 17.2 Å². The predicted molar refractivity (Wildman–Crippen MR) is 129 cm³/mol. The zero-order chi connectivity index (χ0) is 24.9. The lowest BCUT2D eigenvalue weighted by atomic mass is 10.0. The predicted octanol–water partition coefficient (Wildman–Crippen LogP) is 7.79. The van der Waals surface area contributed by atoms with Crippen LogP contribution in [0.2, 0.25) is 0 Å². The SMILES string of the molecule is CCCCCCCCCCCCc1ccc(O)c(N=Nc2cc([N+](=O)[O-])cc([N+](=O)[O-])c2)c1O. The molecule has 0 aliphatic carbocycles. The van der Waals surface area contributed by atoms with Crippen LogP contribution in [0.5, 0.6) is 11.5 Å². The largest absolute Gasteiger partial charge is 0.505 e. The molecular formula is C24H32N4O6. The smallest absolute Gasteiger partial charge is 0.278 e. The van der Waals surface area contributed by atoms with Crippen molar-refractivity contribution < 1.29 is 20.1 Å². The average molecular weight is 473 g/mol. The fourth-order valence-electron chi connectivity index (χ4n) is 3.67. The molecule has 0 aromatic heterocycles. The molecule has 0 saturated carbocycles. The van der Waals surface area contributed by atoms with Crippen molar-refractivity contribution in [2.24, 2.45) is 10.2 Å². The van der Waals surface area contributed by atoms with E-state index in [1.54, 1.807) is 6.07 Å². The summed E-state index contributed by atoms with van der Waals surface area (Å²) in [6.07, 6.45) is 12.5. The van der Waals surface area contributed by atoms with Gasteiger partial charge in [0.1, 0.15) is 11.5 Å². The molecular weight excluding hydrogens is 440 g/mol. The average Bonchev–Trinajstić information content (AvgIpc) is 2.81. The van der Waals surface area contributed by atoms with Crippen LogP contribution in [0, 0.1) is 20.2 Å². The number of rotatable bonds is 15. The molecule has 0 heterocycles. The quantitative estimate of drug-likeness (QED) is 0.117. The van der Waals surface area contributed by atoms with E-state index in [9.17, 15) is 30.4 Å². The first-order chi connectivity index (χ1) is 16.3. The van der Waals surface area contributed by atoms with E-state index in [1.807, 2.05) is 0 Å². The topological polar surface area (TPSA) is 151 Å². The Labute approximate surface area is 198 Å². The number of nitro groups is 2. The number of benzene rings is 2. The van der Waals surface area contributed by atoms with E-state index in [1.165, 1.54) is 51.0 Å². The molecule has 184 valence electrons. The van der Waals surface area contributed by atoms with Gasteiger partial charge in [-0.15, -0.1) is 10.2 Å². The Balaban J connectivity index is 1.97. The highest BCUT2D eigenvalue weighted by Gasteiger charge is 2.17. The van der Waals surface area contributed by atoms with Gasteiger partial charge in [-0.05, 0) is 24.5 Å². The number of aromatic hydroxyl groups is 2. The standard InChI is InChI=1S/C24H32N4O6/c1-2-3-4-5-6-7-8-9-10-11-12-18-13-14-22(29)23(24(18)30)26-25-19-15-20(27(31)32)17-21(16-19)28(33)34/h13-17,29-30H,2-12H2,1H3. The van der Waals surface area contributed by atoms with Crippen molar-refractivity contribution in [2.45, 2.75) is 77.6 Å². The molecule has 2 rings (SSSR count). The maximum Gasteiger partial charge on any atom is 0.278 e. The molecule has 0 unspecified atom stereocenters. The van der Waals surface area contributed by atoms with Crippen LogP contribution in [0.15, 0.2) is 40.6 Å². The molecule has 10 nitrogen and oxygen atoms in total. The van der Waals surface area contributed by atoms with Gasteiger partial charge in [0.2, 0.25) is 0 Å².